The molecule has 0 amide bonds. The van der Waals surface area contributed by atoms with Gasteiger partial charge >= 0.3 is 0 Å². The molecule has 0 radical (unpaired) electrons. The number of aromatic nitrogens is 1. The number of ether oxygens (including phenoxy) is 1. The van der Waals surface area contributed by atoms with Crippen molar-refractivity contribution in [3.8, 4) is 28.1 Å². The molecular formula is C30H26Cl2N2O2. The molecule has 1 aromatic heterocycles. The first-order valence-electron chi connectivity index (χ1n) is 11.8. The molecule has 6 heteroatoms. The third-order valence-corrected chi connectivity index (χ3v) is 6.86. The first-order chi connectivity index (χ1) is 17.4. The zero-order chi connectivity index (χ0) is 25.2. The van der Waals surface area contributed by atoms with Gasteiger partial charge in [-0.1, -0.05) is 84.7 Å². The van der Waals surface area contributed by atoms with Gasteiger partial charge in [-0.2, -0.15) is 0 Å². The number of fused-ring (bicyclic) bond motifs is 1. The lowest BCUT2D eigenvalue weighted by molar-refractivity contribution is 0.299. The van der Waals surface area contributed by atoms with E-state index in [1.807, 2.05) is 30.3 Å². The molecule has 0 unspecified atom stereocenters. The lowest BCUT2D eigenvalue weighted by atomic mass is 9.99. The Hall–Kier alpha value is -3.31. The average molecular weight is 517 g/mol. The molecule has 0 saturated heterocycles. The second-order valence-corrected chi connectivity index (χ2v) is 9.86. The Labute approximate surface area is 220 Å². The SMILES string of the molecule is CC(C)c1onc(-c2c(Cl)cccc2Cl)c1COc1ccc2cc(-c3cccc(CN)c3)ccc2c1. The topological polar surface area (TPSA) is 61.3 Å². The number of nitrogens with zero attached hydrogens (tertiary/aromatic N) is 1. The number of hydrogen-bond acceptors (Lipinski definition) is 4. The summed E-state index contributed by atoms with van der Waals surface area (Å²) in [5.74, 6) is 1.64. The van der Waals surface area contributed by atoms with E-state index in [-0.39, 0.29) is 12.5 Å². The van der Waals surface area contributed by atoms with Crippen molar-refractivity contribution < 1.29 is 9.26 Å². The molecule has 182 valence electrons. The van der Waals surface area contributed by atoms with Gasteiger partial charge in [-0.15, -0.1) is 0 Å². The Kier molecular flexibility index (Phi) is 7.01. The molecule has 0 aliphatic rings. The third kappa shape index (κ3) is 4.85. The Bertz CT molecular complexity index is 1520. The van der Waals surface area contributed by atoms with Crippen LogP contribution in [-0.4, -0.2) is 5.16 Å². The highest BCUT2D eigenvalue weighted by Gasteiger charge is 2.23. The zero-order valence-electron chi connectivity index (χ0n) is 20.1. The molecule has 4 aromatic carbocycles. The summed E-state index contributed by atoms with van der Waals surface area (Å²) < 4.78 is 11.9. The van der Waals surface area contributed by atoms with Gasteiger partial charge < -0.3 is 15.0 Å². The molecule has 0 fully saturated rings. The maximum atomic E-state index is 6.47. The van der Waals surface area contributed by atoms with Crippen molar-refractivity contribution in [2.24, 2.45) is 5.73 Å². The van der Waals surface area contributed by atoms with Crippen molar-refractivity contribution in [3.63, 3.8) is 0 Å². The van der Waals surface area contributed by atoms with E-state index in [0.29, 0.717) is 27.8 Å². The summed E-state index contributed by atoms with van der Waals surface area (Å²) in [6, 6.07) is 26.2. The molecule has 36 heavy (non-hydrogen) atoms. The maximum absolute atomic E-state index is 6.47. The summed E-state index contributed by atoms with van der Waals surface area (Å²) in [6.07, 6.45) is 0. The van der Waals surface area contributed by atoms with Crippen LogP contribution in [-0.2, 0) is 13.2 Å². The Balaban J connectivity index is 1.43. The van der Waals surface area contributed by atoms with Crippen LogP contribution in [0.5, 0.6) is 5.75 Å². The number of hydrogen-bond donors (Lipinski definition) is 1. The van der Waals surface area contributed by atoms with Gasteiger partial charge in [0.1, 0.15) is 23.8 Å². The van der Waals surface area contributed by atoms with Crippen LogP contribution in [0.25, 0.3) is 33.2 Å². The molecule has 0 bridgehead atoms. The van der Waals surface area contributed by atoms with Gasteiger partial charge in [0.25, 0.3) is 0 Å². The van der Waals surface area contributed by atoms with Gasteiger partial charge in [0.2, 0.25) is 0 Å². The third-order valence-electron chi connectivity index (χ3n) is 6.23. The molecule has 5 rings (SSSR count). The Morgan fingerprint density at radius 3 is 2.31 bits per heavy atom. The van der Waals surface area contributed by atoms with E-state index >= 15 is 0 Å². The monoisotopic (exact) mass is 516 g/mol. The van der Waals surface area contributed by atoms with Gasteiger partial charge in [0.05, 0.1) is 15.6 Å². The van der Waals surface area contributed by atoms with E-state index in [4.69, 9.17) is 38.2 Å². The normalized spacial score (nSPS) is 11.4. The number of benzene rings is 4. The lowest BCUT2D eigenvalue weighted by Gasteiger charge is -2.12. The molecule has 5 aromatic rings. The highest BCUT2D eigenvalue weighted by atomic mass is 35.5. The minimum Gasteiger partial charge on any atom is -0.489 e. The highest BCUT2D eigenvalue weighted by molar-refractivity contribution is 6.39. The molecule has 0 saturated carbocycles. The molecule has 0 aliphatic heterocycles. The van der Waals surface area contributed by atoms with Crippen LogP contribution in [0, 0.1) is 0 Å². The summed E-state index contributed by atoms with van der Waals surface area (Å²) in [6.45, 7) is 4.91. The number of nitrogens with two attached hydrogens (primary N) is 1. The highest BCUT2D eigenvalue weighted by Crippen LogP contribution is 2.39. The molecule has 0 spiro atoms. The molecule has 2 N–H and O–H groups in total. The van der Waals surface area contributed by atoms with Crippen LogP contribution in [0.2, 0.25) is 10.0 Å². The van der Waals surface area contributed by atoms with E-state index in [1.165, 1.54) is 0 Å². The first-order valence-corrected chi connectivity index (χ1v) is 12.6. The van der Waals surface area contributed by atoms with E-state index < -0.39 is 0 Å². The fourth-order valence-electron chi connectivity index (χ4n) is 4.36. The van der Waals surface area contributed by atoms with E-state index in [9.17, 15) is 0 Å². The Morgan fingerprint density at radius 2 is 1.56 bits per heavy atom. The van der Waals surface area contributed by atoms with Crippen LogP contribution < -0.4 is 10.5 Å². The van der Waals surface area contributed by atoms with Crippen LogP contribution in [0.1, 0.15) is 36.7 Å². The van der Waals surface area contributed by atoms with E-state index in [1.54, 1.807) is 12.1 Å². The average Bonchev–Trinajstić information content (AvgIpc) is 3.30. The van der Waals surface area contributed by atoms with Crippen LogP contribution in [0.4, 0.5) is 0 Å². The second kappa shape index (κ2) is 10.4. The molecule has 0 atom stereocenters. The minimum atomic E-state index is 0.124. The molecule has 1 heterocycles. The predicted molar refractivity (Wildman–Crippen MR) is 148 cm³/mol. The van der Waals surface area contributed by atoms with Crippen molar-refractivity contribution in [2.75, 3.05) is 0 Å². The summed E-state index contributed by atoms with van der Waals surface area (Å²) in [5.41, 5.74) is 11.3. The summed E-state index contributed by atoms with van der Waals surface area (Å²) >= 11 is 12.9. The smallest absolute Gasteiger partial charge is 0.146 e. The van der Waals surface area contributed by atoms with Crippen molar-refractivity contribution >= 4 is 34.0 Å². The Morgan fingerprint density at radius 1 is 0.861 bits per heavy atom. The predicted octanol–water partition coefficient (Wildman–Crippen LogP) is 8.63. The van der Waals surface area contributed by atoms with Crippen LogP contribution >= 0.6 is 23.2 Å². The fourth-order valence-corrected chi connectivity index (χ4v) is 4.94. The quantitative estimate of drug-likeness (QED) is 0.235. The van der Waals surface area contributed by atoms with Crippen molar-refractivity contribution in [1.29, 1.82) is 0 Å². The van der Waals surface area contributed by atoms with Gasteiger partial charge in [0.15, 0.2) is 0 Å². The van der Waals surface area contributed by atoms with Gasteiger partial charge in [-0.05, 0) is 63.9 Å². The molecule has 4 nitrogen and oxygen atoms in total. The molecule has 0 aliphatic carbocycles. The number of halogens is 2. The summed E-state index contributed by atoms with van der Waals surface area (Å²) in [7, 11) is 0. The van der Waals surface area contributed by atoms with Crippen molar-refractivity contribution in [3.05, 3.63) is 106 Å². The molecular weight excluding hydrogens is 491 g/mol. The summed E-state index contributed by atoms with van der Waals surface area (Å²) in [5, 5.41) is 7.58. The van der Waals surface area contributed by atoms with E-state index in [2.05, 4.69) is 55.4 Å². The van der Waals surface area contributed by atoms with Gasteiger partial charge in [-0.3, -0.25) is 0 Å². The zero-order valence-corrected chi connectivity index (χ0v) is 21.6. The van der Waals surface area contributed by atoms with E-state index in [0.717, 1.165) is 44.5 Å². The van der Waals surface area contributed by atoms with Crippen LogP contribution in [0.3, 0.4) is 0 Å². The fraction of sp³-hybridized carbons (Fsp3) is 0.167. The minimum absolute atomic E-state index is 0.124. The maximum Gasteiger partial charge on any atom is 0.146 e. The van der Waals surface area contributed by atoms with Gasteiger partial charge in [0, 0.05) is 18.0 Å². The van der Waals surface area contributed by atoms with Crippen LogP contribution in [0.15, 0.2) is 83.4 Å². The summed E-state index contributed by atoms with van der Waals surface area (Å²) in [4.78, 5) is 0. The first kappa shape index (κ1) is 24.4. The largest absolute Gasteiger partial charge is 0.489 e. The lowest BCUT2D eigenvalue weighted by Crippen LogP contribution is -2.01. The number of rotatable bonds is 7. The van der Waals surface area contributed by atoms with Crippen molar-refractivity contribution in [2.45, 2.75) is 32.9 Å². The second-order valence-electron chi connectivity index (χ2n) is 9.04. The van der Waals surface area contributed by atoms with Gasteiger partial charge in [-0.25, -0.2) is 0 Å². The standard InChI is InChI=1S/C30H26Cl2N2O2/c1-18(2)30-25(29(34-36-30)28-26(31)7-4-8-27(28)32)17-35-24-12-11-22-14-21(9-10-23(22)15-24)20-6-3-5-19(13-20)16-33/h3-15,18H,16-17,33H2,1-2H3. The van der Waals surface area contributed by atoms with Crippen molar-refractivity contribution in [1.82, 2.24) is 5.16 Å².